The van der Waals surface area contributed by atoms with E-state index in [-0.39, 0.29) is 10.8 Å². The molecule has 1 aromatic carbocycles. The van der Waals surface area contributed by atoms with Crippen molar-refractivity contribution in [1.82, 2.24) is 9.62 Å². The van der Waals surface area contributed by atoms with Crippen LogP contribution in [0.1, 0.15) is 48.5 Å². The number of aryl methyl sites for hydroxylation is 1. The Morgan fingerprint density at radius 3 is 2.55 bits per heavy atom. The molecule has 0 radical (unpaired) electrons. The lowest BCUT2D eigenvalue weighted by Gasteiger charge is -2.26. The molecule has 1 N–H and O–H groups in total. The maximum atomic E-state index is 12.7. The van der Waals surface area contributed by atoms with Gasteiger partial charge in [-0.15, -0.1) is 0 Å². The molecular formula is C16H24N2O3S. The van der Waals surface area contributed by atoms with Gasteiger partial charge in [-0.3, -0.25) is 4.79 Å². The highest BCUT2D eigenvalue weighted by Crippen LogP contribution is 2.22. The molecule has 122 valence electrons. The largest absolute Gasteiger partial charge is 0.352 e. The normalized spacial score (nSPS) is 16.5. The molecule has 1 aliphatic heterocycles. The van der Waals surface area contributed by atoms with Crippen LogP contribution in [-0.2, 0) is 10.0 Å². The Morgan fingerprint density at radius 1 is 1.23 bits per heavy atom. The van der Waals surface area contributed by atoms with E-state index in [9.17, 15) is 13.2 Å². The van der Waals surface area contributed by atoms with Crippen LogP contribution in [0.25, 0.3) is 0 Å². The van der Waals surface area contributed by atoms with Crippen LogP contribution >= 0.6 is 0 Å². The predicted octanol–water partition coefficient (Wildman–Crippen LogP) is 2.31. The number of piperidine rings is 1. The first-order valence-electron chi connectivity index (χ1n) is 7.86. The molecule has 1 saturated heterocycles. The van der Waals surface area contributed by atoms with Gasteiger partial charge in [0.05, 0.1) is 4.90 Å². The summed E-state index contributed by atoms with van der Waals surface area (Å²) in [4.78, 5) is 12.4. The molecule has 1 aromatic rings. The van der Waals surface area contributed by atoms with Gasteiger partial charge in [0.1, 0.15) is 0 Å². The van der Waals surface area contributed by atoms with Crippen molar-refractivity contribution in [3.05, 3.63) is 29.3 Å². The third kappa shape index (κ3) is 3.67. The predicted molar refractivity (Wildman–Crippen MR) is 86.4 cm³/mol. The molecule has 1 fully saturated rings. The molecule has 0 aromatic heterocycles. The van der Waals surface area contributed by atoms with Crippen LogP contribution in [0, 0.1) is 6.92 Å². The van der Waals surface area contributed by atoms with Gasteiger partial charge in [-0.05, 0) is 43.9 Å². The number of rotatable bonds is 5. The Balaban J connectivity index is 2.30. The fourth-order valence-electron chi connectivity index (χ4n) is 2.59. The summed E-state index contributed by atoms with van der Waals surface area (Å²) in [7, 11) is -3.50. The SMILES string of the molecule is CCCNC(=O)c1cc(S(=O)(=O)N2CCCCC2)ccc1C. The van der Waals surface area contributed by atoms with E-state index in [0.29, 0.717) is 25.2 Å². The summed E-state index contributed by atoms with van der Waals surface area (Å²) in [6.07, 6.45) is 3.71. The van der Waals surface area contributed by atoms with Crippen LogP contribution < -0.4 is 5.32 Å². The Hall–Kier alpha value is -1.40. The van der Waals surface area contributed by atoms with Crippen LogP contribution in [0.15, 0.2) is 23.1 Å². The highest BCUT2D eigenvalue weighted by atomic mass is 32.2. The second-order valence-corrected chi connectivity index (χ2v) is 7.64. The van der Waals surface area contributed by atoms with Crippen molar-refractivity contribution >= 4 is 15.9 Å². The highest BCUT2D eigenvalue weighted by molar-refractivity contribution is 7.89. The van der Waals surface area contributed by atoms with Crippen molar-refractivity contribution in [2.45, 2.75) is 44.4 Å². The topological polar surface area (TPSA) is 66.5 Å². The van der Waals surface area contributed by atoms with Gasteiger partial charge < -0.3 is 5.32 Å². The third-order valence-corrected chi connectivity index (χ3v) is 5.84. The first kappa shape index (κ1) is 17.0. The number of carbonyl (C=O) groups is 1. The van der Waals surface area contributed by atoms with Crippen molar-refractivity contribution < 1.29 is 13.2 Å². The van der Waals surface area contributed by atoms with Gasteiger partial charge in [-0.2, -0.15) is 4.31 Å². The molecule has 0 saturated carbocycles. The van der Waals surface area contributed by atoms with Crippen molar-refractivity contribution in [1.29, 1.82) is 0 Å². The molecule has 1 amide bonds. The summed E-state index contributed by atoms with van der Waals surface area (Å²) in [6.45, 7) is 5.51. The second kappa shape index (κ2) is 7.24. The van der Waals surface area contributed by atoms with E-state index in [1.165, 1.54) is 10.4 Å². The van der Waals surface area contributed by atoms with Crippen LogP contribution in [0.5, 0.6) is 0 Å². The van der Waals surface area contributed by atoms with Crippen LogP contribution in [0.2, 0.25) is 0 Å². The van der Waals surface area contributed by atoms with Gasteiger partial charge in [0, 0.05) is 25.2 Å². The van der Waals surface area contributed by atoms with Gasteiger partial charge >= 0.3 is 0 Å². The van der Waals surface area contributed by atoms with Gasteiger partial charge in [0.2, 0.25) is 10.0 Å². The van der Waals surface area contributed by atoms with Crippen molar-refractivity contribution in [2.24, 2.45) is 0 Å². The summed E-state index contributed by atoms with van der Waals surface area (Å²) in [6, 6.07) is 4.80. The molecule has 0 atom stereocenters. The van der Waals surface area contributed by atoms with E-state index in [4.69, 9.17) is 0 Å². The maximum Gasteiger partial charge on any atom is 0.251 e. The Kier molecular flexibility index (Phi) is 5.58. The number of benzene rings is 1. The third-order valence-electron chi connectivity index (χ3n) is 3.94. The Bertz CT molecular complexity index is 635. The zero-order valence-electron chi connectivity index (χ0n) is 13.3. The average Bonchev–Trinajstić information content (AvgIpc) is 2.53. The number of nitrogens with one attached hydrogen (secondary N) is 1. The fraction of sp³-hybridized carbons (Fsp3) is 0.562. The summed E-state index contributed by atoms with van der Waals surface area (Å²) in [5, 5.41) is 2.80. The van der Waals surface area contributed by atoms with Crippen LogP contribution in [0.4, 0.5) is 0 Å². The van der Waals surface area contributed by atoms with E-state index in [0.717, 1.165) is 31.2 Å². The molecule has 1 heterocycles. The minimum atomic E-state index is -3.50. The molecular weight excluding hydrogens is 300 g/mol. The average molecular weight is 324 g/mol. The van der Waals surface area contributed by atoms with E-state index >= 15 is 0 Å². The lowest BCUT2D eigenvalue weighted by molar-refractivity contribution is 0.0953. The number of hydrogen-bond donors (Lipinski definition) is 1. The minimum absolute atomic E-state index is 0.210. The Morgan fingerprint density at radius 2 is 1.91 bits per heavy atom. The lowest BCUT2D eigenvalue weighted by Crippen LogP contribution is -2.35. The number of sulfonamides is 1. The standard InChI is InChI=1S/C16H24N2O3S/c1-3-9-17-16(19)15-12-14(8-7-13(15)2)22(20,21)18-10-5-4-6-11-18/h7-8,12H,3-6,9-11H2,1-2H3,(H,17,19). The van der Waals surface area contributed by atoms with E-state index in [2.05, 4.69) is 5.32 Å². The zero-order chi connectivity index (χ0) is 16.2. The second-order valence-electron chi connectivity index (χ2n) is 5.70. The monoisotopic (exact) mass is 324 g/mol. The molecule has 2 rings (SSSR count). The van der Waals surface area contributed by atoms with Gasteiger partial charge in [0.25, 0.3) is 5.91 Å². The number of nitrogens with zero attached hydrogens (tertiary/aromatic N) is 1. The lowest BCUT2D eigenvalue weighted by atomic mass is 10.1. The molecule has 0 unspecified atom stereocenters. The number of hydrogen-bond acceptors (Lipinski definition) is 3. The molecule has 0 bridgehead atoms. The van der Waals surface area contributed by atoms with Crippen molar-refractivity contribution in [3.63, 3.8) is 0 Å². The van der Waals surface area contributed by atoms with Crippen molar-refractivity contribution in [3.8, 4) is 0 Å². The summed E-state index contributed by atoms with van der Waals surface area (Å²) >= 11 is 0. The molecule has 22 heavy (non-hydrogen) atoms. The first-order chi connectivity index (χ1) is 10.5. The van der Waals surface area contributed by atoms with Gasteiger partial charge in [-0.25, -0.2) is 8.42 Å². The van der Waals surface area contributed by atoms with Gasteiger partial charge in [-0.1, -0.05) is 19.4 Å². The summed E-state index contributed by atoms with van der Waals surface area (Å²) < 4.78 is 26.9. The Labute approximate surface area is 132 Å². The number of amides is 1. The fourth-order valence-corrected chi connectivity index (χ4v) is 4.14. The van der Waals surface area contributed by atoms with E-state index in [1.807, 2.05) is 13.8 Å². The van der Waals surface area contributed by atoms with E-state index < -0.39 is 10.0 Å². The van der Waals surface area contributed by atoms with Crippen LogP contribution in [0.3, 0.4) is 0 Å². The van der Waals surface area contributed by atoms with E-state index in [1.54, 1.807) is 12.1 Å². The van der Waals surface area contributed by atoms with Crippen molar-refractivity contribution in [2.75, 3.05) is 19.6 Å². The summed E-state index contributed by atoms with van der Waals surface area (Å²) in [5.41, 5.74) is 1.22. The molecule has 1 aliphatic rings. The van der Waals surface area contributed by atoms with Crippen LogP contribution in [-0.4, -0.2) is 38.3 Å². The molecule has 0 aliphatic carbocycles. The molecule has 6 heteroatoms. The smallest absolute Gasteiger partial charge is 0.251 e. The molecule has 5 nitrogen and oxygen atoms in total. The summed E-state index contributed by atoms with van der Waals surface area (Å²) in [5.74, 6) is -0.213. The minimum Gasteiger partial charge on any atom is -0.352 e. The first-order valence-corrected chi connectivity index (χ1v) is 9.30. The number of carbonyl (C=O) groups excluding carboxylic acids is 1. The maximum absolute atomic E-state index is 12.7. The zero-order valence-corrected chi connectivity index (χ0v) is 14.1. The quantitative estimate of drug-likeness (QED) is 0.904. The van der Waals surface area contributed by atoms with Gasteiger partial charge in [0.15, 0.2) is 0 Å². The molecule has 0 spiro atoms. The highest BCUT2D eigenvalue weighted by Gasteiger charge is 2.26.